The summed E-state index contributed by atoms with van der Waals surface area (Å²) in [6.45, 7) is 4.17. The number of hydrogen-bond donors (Lipinski definition) is 1. The lowest BCUT2D eigenvalue weighted by molar-refractivity contribution is 0.113. The number of nitrogens with one attached hydrogen (secondary N) is 1. The molecule has 1 aromatic carbocycles. The fourth-order valence-corrected chi connectivity index (χ4v) is 3.95. The van der Waals surface area contributed by atoms with E-state index in [1.165, 1.54) is 16.2 Å². The second-order valence-electron chi connectivity index (χ2n) is 4.93. The highest BCUT2D eigenvalue weighted by Crippen LogP contribution is 2.38. The van der Waals surface area contributed by atoms with E-state index in [1.54, 1.807) is 0 Å². The van der Waals surface area contributed by atoms with Crippen molar-refractivity contribution in [3.63, 3.8) is 0 Å². The Bertz CT molecular complexity index is 396. The Kier molecular flexibility index (Phi) is 3.41. The standard InChI is InChI=1S/C14H19NOS/c1-10-13(6-7-16-10)15-8-11-9-17-14-5-3-2-4-12(11)14/h2-5,10-11,13,15H,6-9H2,1H3. The molecule has 3 heteroatoms. The fraction of sp³-hybridized carbons (Fsp3) is 0.571. The van der Waals surface area contributed by atoms with Crippen LogP contribution in [-0.4, -0.2) is 31.1 Å². The lowest BCUT2D eigenvalue weighted by atomic mass is 10.0. The van der Waals surface area contributed by atoms with Gasteiger partial charge in [-0.05, 0) is 25.0 Å². The summed E-state index contributed by atoms with van der Waals surface area (Å²) in [5.74, 6) is 1.89. The van der Waals surface area contributed by atoms with Crippen LogP contribution in [0.15, 0.2) is 29.2 Å². The number of fused-ring (bicyclic) bond motifs is 1. The zero-order chi connectivity index (χ0) is 11.7. The zero-order valence-electron chi connectivity index (χ0n) is 10.2. The molecule has 92 valence electrons. The summed E-state index contributed by atoms with van der Waals surface area (Å²) in [5.41, 5.74) is 1.52. The van der Waals surface area contributed by atoms with Crippen molar-refractivity contribution in [2.75, 3.05) is 18.9 Å². The lowest BCUT2D eigenvalue weighted by Crippen LogP contribution is -2.37. The van der Waals surface area contributed by atoms with Crippen LogP contribution in [0.25, 0.3) is 0 Å². The van der Waals surface area contributed by atoms with E-state index >= 15 is 0 Å². The molecule has 2 nitrogen and oxygen atoms in total. The Hall–Kier alpha value is -0.510. The van der Waals surface area contributed by atoms with Crippen LogP contribution in [0.4, 0.5) is 0 Å². The molecule has 1 fully saturated rings. The topological polar surface area (TPSA) is 21.3 Å². The van der Waals surface area contributed by atoms with Crippen molar-refractivity contribution in [1.82, 2.24) is 5.32 Å². The first-order valence-corrected chi connectivity index (χ1v) is 7.40. The number of hydrogen-bond acceptors (Lipinski definition) is 3. The summed E-state index contributed by atoms with van der Waals surface area (Å²) in [7, 11) is 0. The maximum absolute atomic E-state index is 5.58. The van der Waals surface area contributed by atoms with Crippen LogP contribution in [0.1, 0.15) is 24.8 Å². The van der Waals surface area contributed by atoms with Gasteiger partial charge in [-0.1, -0.05) is 18.2 Å². The average molecular weight is 249 g/mol. The first-order chi connectivity index (χ1) is 8.34. The molecule has 3 unspecified atom stereocenters. The molecule has 2 aliphatic rings. The summed E-state index contributed by atoms with van der Waals surface area (Å²) < 4.78 is 5.58. The number of rotatable bonds is 3. The SMILES string of the molecule is CC1OCCC1NCC1CSc2ccccc21. The maximum atomic E-state index is 5.58. The van der Waals surface area contributed by atoms with Crippen LogP contribution < -0.4 is 5.32 Å². The molecule has 2 aliphatic heterocycles. The minimum Gasteiger partial charge on any atom is -0.377 e. The minimum absolute atomic E-state index is 0.374. The Balaban J connectivity index is 1.60. The van der Waals surface area contributed by atoms with Gasteiger partial charge in [0.1, 0.15) is 0 Å². The van der Waals surface area contributed by atoms with E-state index in [9.17, 15) is 0 Å². The molecule has 0 saturated carbocycles. The Labute approximate surface area is 107 Å². The number of ether oxygens (including phenoxy) is 1. The van der Waals surface area contributed by atoms with Gasteiger partial charge in [0.2, 0.25) is 0 Å². The highest BCUT2D eigenvalue weighted by Gasteiger charge is 2.27. The second kappa shape index (κ2) is 5.01. The molecule has 3 atom stereocenters. The molecule has 0 bridgehead atoms. The molecular weight excluding hydrogens is 230 g/mol. The van der Waals surface area contributed by atoms with E-state index < -0.39 is 0 Å². The molecular formula is C14H19NOS. The largest absolute Gasteiger partial charge is 0.377 e. The van der Waals surface area contributed by atoms with E-state index in [2.05, 4.69) is 36.5 Å². The van der Waals surface area contributed by atoms with Crippen molar-refractivity contribution in [3.8, 4) is 0 Å². The maximum Gasteiger partial charge on any atom is 0.0700 e. The van der Waals surface area contributed by atoms with Crippen LogP contribution in [-0.2, 0) is 4.74 Å². The zero-order valence-corrected chi connectivity index (χ0v) is 11.0. The first-order valence-electron chi connectivity index (χ1n) is 6.41. The first kappa shape index (κ1) is 11.6. The molecule has 0 aliphatic carbocycles. The van der Waals surface area contributed by atoms with Crippen molar-refractivity contribution in [1.29, 1.82) is 0 Å². The summed E-state index contributed by atoms with van der Waals surface area (Å²) in [4.78, 5) is 1.47. The third-order valence-electron chi connectivity index (χ3n) is 3.80. The molecule has 0 radical (unpaired) electrons. The van der Waals surface area contributed by atoms with Crippen LogP contribution in [0.2, 0.25) is 0 Å². The predicted molar refractivity (Wildman–Crippen MR) is 71.7 cm³/mol. The summed E-state index contributed by atoms with van der Waals surface area (Å²) in [5, 5.41) is 3.68. The second-order valence-corrected chi connectivity index (χ2v) is 5.99. The monoisotopic (exact) mass is 249 g/mol. The smallest absolute Gasteiger partial charge is 0.0700 e. The van der Waals surface area contributed by atoms with Crippen molar-refractivity contribution >= 4 is 11.8 Å². The van der Waals surface area contributed by atoms with E-state index in [4.69, 9.17) is 4.74 Å². The van der Waals surface area contributed by atoms with Crippen LogP contribution in [0, 0.1) is 0 Å². The van der Waals surface area contributed by atoms with Crippen LogP contribution >= 0.6 is 11.8 Å². The molecule has 17 heavy (non-hydrogen) atoms. The highest BCUT2D eigenvalue weighted by atomic mass is 32.2. The Morgan fingerprint density at radius 3 is 3.12 bits per heavy atom. The molecule has 1 N–H and O–H groups in total. The Morgan fingerprint density at radius 2 is 2.29 bits per heavy atom. The van der Waals surface area contributed by atoms with E-state index in [-0.39, 0.29) is 0 Å². The van der Waals surface area contributed by atoms with Gasteiger partial charge in [-0.2, -0.15) is 0 Å². The lowest BCUT2D eigenvalue weighted by Gasteiger charge is -2.19. The highest BCUT2D eigenvalue weighted by molar-refractivity contribution is 7.99. The van der Waals surface area contributed by atoms with E-state index in [1.807, 2.05) is 11.8 Å². The van der Waals surface area contributed by atoms with Crippen molar-refractivity contribution < 1.29 is 4.74 Å². The van der Waals surface area contributed by atoms with Crippen LogP contribution in [0.3, 0.4) is 0 Å². The van der Waals surface area contributed by atoms with Crippen molar-refractivity contribution in [2.24, 2.45) is 0 Å². The van der Waals surface area contributed by atoms with Crippen LogP contribution in [0.5, 0.6) is 0 Å². The van der Waals surface area contributed by atoms with Gasteiger partial charge in [-0.25, -0.2) is 0 Å². The third-order valence-corrected chi connectivity index (χ3v) is 5.05. The normalized spacial score (nSPS) is 31.7. The van der Waals surface area contributed by atoms with Gasteiger partial charge >= 0.3 is 0 Å². The van der Waals surface area contributed by atoms with Gasteiger partial charge in [-0.3, -0.25) is 0 Å². The number of benzene rings is 1. The Morgan fingerprint density at radius 1 is 1.41 bits per heavy atom. The molecule has 1 saturated heterocycles. The quantitative estimate of drug-likeness (QED) is 0.890. The molecule has 1 aromatic rings. The van der Waals surface area contributed by atoms with Gasteiger partial charge in [0.25, 0.3) is 0 Å². The van der Waals surface area contributed by atoms with Gasteiger partial charge in [-0.15, -0.1) is 11.8 Å². The average Bonchev–Trinajstić information content (AvgIpc) is 2.93. The van der Waals surface area contributed by atoms with Gasteiger partial charge in [0.05, 0.1) is 6.10 Å². The molecule has 0 amide bonds. The predicted octanol–water partition coefficient (Wildman–Crippen LogP) is 2.64. The van der Waals surface area contributed by atoms with Crippen molar-refractivity contribution in [2.45, 2.75) is 36.3 Å². The van der Waals surface area contributed by atoms with Crippen molar-refractivity contribution in [3.05, 3.63) is 29.8 Å². The summed E-state index contributed by atoms with van der Waals surface area (Å²) >= 11 is 1.99. The molecule has 3 rings (SSSR count). The van der Waals surface area contributed by atoms with Gasteiger partial charge < -0.3 is 10.1 Å². The van der Waals surface area contributed by atoms with E-state index in [0.717, 1.165) is 19.6 Å². The summed E-state index contributed by atoms with van der Waals surface area (Å²) in [6, 6.07) is 9.35. The summed E-state index contributed by atoms with van der Waals surface area (Å²) in [6.07, 6.45) is 1.53. The molecule has 2 heterocycles. The van der Waals surface area contributed by atoms with E-state index in [0.29, 0.717) is 18.1 Å². The van der Waals surface area contributed by atoms with Gasteiger partial charge in [0, 0.05) is 35.8 Å². The number of thioether (sulfide) groups is 1. The fourth-order valence-electron chi connectivity index (χ4n) is 2.69. The molecule has 0 aromatic heterocycles. The molecule has 0 spiro atoms. The van der Waals surface area contributed by atoms with Gasteiger partial charge in [0.15, 0.2) is 0 Å². The minimum atomic E-state index is 0.374. The third kappa shape index (κ3) is 2.37.